The Morgan fingerprint density at radius 3 is 3.08 bits per heavy atom. The minimum Gasteiger partial charge on any atom is -0.447 e. The van der Waals surface area contributed by atoms with Crippen molar-refractivity contribution in [3.63, 3.8) is 0 Å². The summed E-state index contributed by atoms with van der Waals surface area (Å²) in [5, 5.41) is 2.65. The largest absolute Gasteiger partial charge is 0.447 e. The summed E-state index contributed by atoms with van der Waals surface area (Å²) in [6.07, 6.45) is 1.32. The van der Waals surface area contributed by atoms with Gasteiger partial charge in [0, 0.05) is 6.20 Å². The Morgan fingerprint density at radius 1 is 1.58 bits per heavy atom. The van der Waals surface area contributed by atoms with E-state index in [9.17, 15) is 4.79 Å². The Labute approximate surface area is 69.6 Å². The van der Waals surface area contributed by atoms with Crippen LogP contribution >= 0.6 is 0 Å². The Bertz CT molecular complexity index is 286. The van der Waals surface area contributed by atoms with Crippen molar-refractivity contribution in [3.8, 4) is 0 Å². The van der Waals surface area contributed by atoms with E-state index in [-0.39, 0.29) is 12.1 Å². The highest BCUT2D eigenvalue weighted by atomic mass is 16.6. The molecule has 4 nitrogen and oxygen atoms in total. The molecular formula is C8H8N2O2. The number of pyridine rings is 1. The monoisotopic (exact) mass is 164 g/mol. The van der Waals surface area contributed by atoms with Gasteiger partial charge in [0.05, 0.1) is 5.69 Å². The number of nitrogens with zero attached hydrogens (tertiary/aromatic N) is 1. The van der Waals surface area contributed by atoms with E-state index in [2.05, 4.69) is 10.3 Å². The van der Waals surface area contributed by atoms with E-state index in [0.29, 0.717) is 6.61 Å². The molecule has 1 amide bonds. The van der Waals surface area contributed by atoms with Gasteiger partial charge in [0.1, 0.15) is 12.6 Å². The van der Waals surface area contributed by atoms with Crippen molar-refractivity contribution in [2.24, 2.45) is 0 Å². The van der Waals surface area contributed by atoms with Crippen LogP contribution in [0.3, 0.4) is 0 Å². The van der Waals surface area contributed by atoms with E-state index < -0.39 is 0 Å². The van der Waals surface area contributed by atoms with Crippen LogP contribution in [0.15, 0.2) is 24.4 Å². The number of ether oxygens (including phenoxy) is 1. The fraction of sp³-hybridized carbons (Fsp3) is 0.250. The van der Waals surface area contributed by atoms with Crippen LogP contribution in [0.5, 0.6) is 0 Å². The third-order valence-corrected chi connectivity index (χ3v) is 1.72. The molecule has 4 heteroatoms. The lowest BCUT2D eigenvalue weighted by molar-refractivity contribution is 0.177. The van der Waals surface area contributed by atoms with Crippen LogP contribution in [0.1, 0.15) is 11.7 Å². The number of rotatable bonds is 1. The zero-order valence-electron chi connectivity index (χ0n) is 6.36. The van der Waals surface area contributed by atoms with Gasteiger partial charge in [-0.05, 0) is 12.1 Å². The van der Waals surface area contributed by atoms with E-state index in [1.807, 2.05) is 18.2 Å². The number of alkyl carbamates (subject to hydrolysis) is 1. The molecular weight excluding hydrogens is 156 g/mol. The second-order valence-corrected chi connectivity index (χ2v) is 2.55. The first-order valence-electron chi connectivity index (χ1n) is 3.70. The second-order valence-electron chi connectivity index (χ2n) is 2.55. The van der Waals surface area contributed by atoms with Crippen molar-refractivity contribution < 1.29 is 9.53 Å². The molecule has 0 saturated carbocycles. The van der Waals surface area contributed by atoms with Gasteiger partial charge < -0.3 is 10.1 Å². The lowest BCUT2D eigenvalue weighted by Crippen LogP contribution is -2.18. The van der Waals surface area contributed by atoms with Crippen molar-refractivity contribution in [3.05, 3.63) is 30.1 Å². The lowest BCUT2D eigenvalue weighted by atomic mass is 10.2. The molecule has 2 heterocycles. The number of aromatic nitrogens is 1. The Hall–Kier alpha value is -1.58. The summed E-state index contributed by atoms with van der Waals surface area (Å²) in [5.41, 5.74) is 0.836. The highest BCUT2D eigenvalue weighted by Gasteiger charge is 2.24. The molecule has 2 rings (SSSR count). The number of carbonyl (C=O) groups is 1. The first-order chi connectivity index (χ1) is 5.86. The first-order valence-corrected chi connectivity index (χ1v) is 3.70. The summed E-state index contributed by atoms with van der Waals surface area (Å²) < 4.78 is 4.73. The topological polar surface area (TPSA) is 51.2 Å². The second kappa shape index (κ2) is 2.81. The van der Waals surface area contributed by atoms with E-state index >= 15 is 0 Å². The van der Waals surface area contributed by atoms with Crippen molar-refractivity contribution in [1.29, 1.82) is 0 Å². The fourth-order valence-electron chi connectivity index (χ4n) is 1.13. The Kier molecular flexibility index (Phi) is 1.66. The lowest BCUT2D eigenvalue weighted by Gasteiger charge is -2.04. The highest BCUT2D eigenvalue weighted by molar-refractivity contribution is 5.69. The predicted molar refractivity (Wildman–Crippen MR) is 41.5 cm³/mol. The maximum atomic E-state index is 10.7. The third-order valence-electron chi connectivity index (χ3n) is 1.72. The van der Waals surface area contributed by atoms with Gasteiger partial charge in [-0.3, -0.25) is 4.98 Å². The zero-order valence-corrected chi connectivity index (χ0v) is 6.36. The average Bonchev–Trinajstić information content (AvgIpc) is 2.54. The molecule has 1 aromatic heterocycles. The average molecular weight is 164 g/mol. The van der Waals surface area contributed by atoms with Crippen LogP contribution in [0.4, 0.5) is 4.79 Å². The summed E-state index contributed by atoms with van der Waals surface area (Å²) in [6, 6.07) is 5.49. The molecule has 0 aromatic carbocycles. The maximum absolute atomic E-state index is 10.7. The molecule has 62 valence electrons. The van der Waals surface area contributed by atoms with Gasteiger partial charge in [0.25, 0.3) is 0 Å². The molecule has 0 aliphatic carbocycles. The normalized spacial score (nSPS) is 21.7. The van der Waals surface area contributed by atoms with Crippen LogP contribution in [-0.2, 0) is 4.74 Å². The van der Waals surface area contributed by atoms with Gasteiger partial charge in [-0.15, -0.1) is 0 Å². The van der Waals surface area contributed by atoms with E-state index in [4.69, 9.17) is 4.74 Å². The summed E-state index contributed by atoms with van der Waals surface area (Å²) in [4.78, 5) is 14.8. The van der Waals surface area contributed by atoms with Crippen LogP contribution in [0, 0.1) is 0 Å². The maximum Gasteiger partial charge on any atom is 0.407 e. The summed E-state index contributed by atoms with van der Waals surface area (Å²) >= 11 is 0. The molecule has 1 saturated heterocycles. The number of carbonyl (C=O) groups excluding carboxylic acids is 1. The molecule has 0 bridgehead atoms. The minimum absolute atomic E-state index is 0.0845. The number of amides is 1. The van der Waals surface area contributed by atoms with E-state index in [0.717, 1.165) is 5.69 Å². The van der Waals surface area contributed by atoms with Crippen molar-refractivity contribution >= 4 is 6.09 Å². The molecule has 1 aromatic rings. The predicted octanol–water partition coefficient (Wildman–Crippen LogP) is 0.863. The quantitative estimate of drug-likeness (QED) is 0.669. The molecule has 1 fully saturated rings. The van der Waals surface area contributed by atoms with Crippen LogP contribution in [-0.4, -0.2) is 17.7 Å². The van der Waals surface area contributed by atoms with Crippen LogP contribution < -0.4 is 5.32 Å². The van der Waals surface area contributed by atoms with Crippen LogP contribution in [0.25, 0.3) is 0 Å². The fourth-order valence-corrected chi connectivity index (χ4v) is 1.13. The van der Waals surface area contributed by atoms with Crippen LogP contribution in [0.2, 0.25) is 0 Å². The third kappa shape index (κ3) is 1.23. The highest BCUT2D eigenvalue weighted by Crippen LogP contribution is 2.14. The molecule has 12 heavy (non-hydrogen) atoms. The zero-order chi connectivity index (χ0) is 8.39. The molecule has 1 aliphatic rings. The molecule has 1 N–H and O–H groups in total. The van der Waals surface area contributed by atoms with Gasteiger partial charge in [0.2, 0.25) is 0 Å². The smallest absolute Gasteiger partial charge is 0.407 e. The summed E-state index contributed by atoms with van der Waals surface area (Å²) in [6.45, 7) is 0.371. The number of hydrogen-bond donors (Lipinski definition) is 1. The molecule has 1 atom stereocenters. The Balaban J connectivity index is 2.16. The van der Waals surface area contributed by atoms with Gasteiger partial charge in [0.15, 0.2) is 0 Å². The molecule has 1 unspecified atom stereocenters. The van der Waals surface area contributed by atoms with Gasteiger partial charge in [-0.2, -0.15) is 0 Å². The number of nitrogens with one attached hydrogen (secondary N) is 1. The van der Waals surface area contributed by atoms with Gasteiger partial charge in [-0.1, -0.05) is 6.07 Å². The minimum atomic E-state index is -0.370. The first kappa shape index (κ1) is 7.09. The van der Waals surface area contributed by atoms with Crippen molar-refractivity contribution in [2.45, 2.75) is 6.04 Å². The molecule has 0 radical (unpaired) electrons. The standard InChI is InChI=1S/C8H8N2O2/c11-8-10-7(5-12-8)6-3-1-2-4-9-6/h1-4,7H,5H2,(H,10,11). The van der Waals surface area contributed by atoms with Crippen molar-refractivity contribution in [2.75, 3.05) is 6.61 Å². The molecule has 0 spiro atoms. The Morgan fingerprint density at radius 2 is 2.50 bits per heavy atom. The van der Waals surface area contributed by atoms with Gasteiger partial charge >= 0.3 is 6.09 Å². The van der Waals surface area contributed by atoms with Gasteiger partial charge in [-0.25, -0.2) is 4.79 Å². The summed E-state index contributed by atoms with van der Waals surface area (Å²) in [5.74, 6) is 0. The van der Waals surface area contributed by atoms with Crippen molar-refractivity contribution in [1.82, 2.24) is 10.3 Å². The SMILES string of the molecule is O=C1NC(c2ccccn2)CO1. The van der Waals surface area contributed by atoms with E-state index in [1.54, 1.807) is 6.20 Å². The molecule has 1 aliphatic heterocycles. The van der Waals surface area contributed by atoms with E-state index in [1.165, 1.54) is 0 Å². The number of hydrogen-bond acceptors (Lipinski definition) is 3. The number of cyclic esters (lactones) is 1. The summed E-state index contributed by atoms with van der Waals surface area (Å²) in [7, 11) is 0.